The first-order valence-corrected chi connectivity index (χ1v) is 10.5. The Hall–Kier alpha value is -2.83. The zero-order chi connectivity index (χ0) is 20.2. The molecule has 146 valence electrons. The van der Waals surface area contributed by atoms with Gasteiger partial charge in [-0.25, -0.2) is 0 Å². The lowest BCUT2D eigenvalue weighted by Gasteiger charge is -2.16. The highest BCUT2D eigenvalue weighted by Gasteiger charge is 2.14. The van der Waals surface area contributed by atoms with Crippen LogP contribution in [0.4, 0.5) is 0 Å². The van der Waals surface area contributed by atoms with E-state index in [-0.39, 0.29) is 17.7 Å². The predicted octanol–water partition coefficient (Wildman–Crippen LogP) is 5.04. The minimum Gasteiger partial charge on any atom is -0.349 e. The van der Waals surface area contributed by atoms with Crippen molar-refractivity contribution in [3.63, 3.8) is 0 Å². The number of hydrogen-bond acceptors (Lipinski definition) is 4. The summed E-state index contributed by atoms with van der Waals surface area (Å²) in [6.07, 6.45) is 1.62. The van der Waals surface area contributed by atoms with Gasteiger partial charge in [0.15, 0.2) is 5.16 Å². The molecule has 4 rings (SSSR count). The number of nitrogens with zero attached hydrogens (tertiary/aromatic N) is 3. The molecule has 5 nitrogen and oxygen atoms in total. The van der Waals surface area contributed by atoms with Gasteiger partial charge in [-0.2, -0.15) is 0 Å². The highest BCUT2D eigenvalue weighted by molar-refractivity contribution is 7.99. The maximum Gasteiger partial charge on any atom is 0.230 e. The third-order valence-electron chi connectivity index (χ3n) is 4.60. The molecule has 0 saturated heterocycles. The van der Waals surface area contributed by atoms with Crippen LogP contribution in [0.15, 0.2) is 78.2 Å². The van der Waals surface area contributed by atoms with Crippen molar-refractivity contribution in [2.75, 3.05) is 5.75 Å². The van der Waals surface area contributed by atoms with Crippen LogP contribution in [-0.4, -0.2) is 26.4 Å². The summed E-state index contributed by atoms with van der Waals surface area (Å²) in [5.41, 5.74) is 1.96. The Morgan fingerprint density at radius 1 is 1.14 bits per heavy atom. The fourth-order valence-electron chi connectivity index (χ4n) is 3.24. The van der Waals surface area contributed by atoms with E-state index in [0.29, 0.717) is 10.2 Å². The Bertz CT molecular complexity index is 1150. The van der Waals surface area contributed by atoms with E-state index in [4.69, 9.17) is 11.6 Å². The number of benzene rings is 3. The molecule has 0 aliphatic carbocycles. The Morgan fingerprint density at radius 3 is 2.79 bits per heavy atom. The number of carbonyl (C=O) groups excluding carboxylic acids is 1. The minimum absolute atomic E-state index is 0.0592. The van der Waals surface area contributed by atoms with Crippen LogP contribution in [0.3, 0.4) is 0 Å². The van der Waals surface area contributed by atoms with Crippen molar-refractivity contribution in [2.24, 2.45) is 0 Å². The van der Waals surface area contributed by atoms with Crippen LogP contribution in [0.25, 0.3) is 16.5 Å². The molecule has 1 N–H and O–H groups in total. The van der Waals surface area contributed by atoms with Crippen molar-refractivity contribution in [3.05, 3.63) is 83.6 Å². The average molecular weight is 423 g/mol. The molecule has 3 aromatic carbocycles. The van der Waals surface area contributed by atoms with E-state index >= 15 is 0 Å². The molecular formula is C22H19ClN4OS. The fraction of sp³-hybridized carbons (Fsp3) is 0.136. The number of aromatic nitrogens is 3. The zero-order valence-electron chi connectivity index (χ0n) is 15.7. The summed E-state index contributed by atoms with van der Waals surface area (Å²) in [6, 6.07) is 21.7. The molecule has 4 aromatic rings. The molecule has 0 aliphatic heterocycles. The van der Waals surface area contributed by atoms with Crippen LogP contribution in [0.2, 0.25) is 5.02 Å². The van der Waals surface area contributed by atoms with Crippen molar-refractivity contribution < 1.29 is 4.79 Å². The summed E-state index contributed by atoms with van der Waals surface area (Å²) in [5.74, 6) is 0.185. The number of thioether (sulfide) groups is 1. The molecule has 0 aliphatic rings. The van der Waals surface area contributed by atoms with Gasteiger partial charge in [0.05, 0.1) is 17.5 Å². The summed E-state index contributed by atoms with van der Waals surface area (Å²) in [7, 11) is 0. The van der Waals surface area contributed by atoms with Crippen molar-refractivity contribution in [2.45, 2.75) is 18.1 Å². The molecule has 0 saturated carbocycles. The Balaban J connectivity index is 1.43. The van der Waals surface area contributed by atoms with Crippen molar-refractivity contribution >= 4 is 40.0 Å². The quantitative estimate of drug-likeness (QED) is 0.442. The first-order valence-electron chi connectivity index (χ1n) is 9.17. The van der Waals surface area contributed by atoms with Gasteiger partial charge in [-0.15, -0.1) is 10.2 Å². The second kappa shape index (κ2) is 8.68. The number of carbonyl (C=O) groups is 1. The Labute approximate surface area is 178 Å². The van der Waals surface area contributed by atoms with E-state index in [9.17, 15) is 4.79 Å². The highest BCUT2D eigenvalue weighted by atomic mass is 35.5. The average Bonchev–Trinajstić information content (AvgIpc) is 3.20. The lowest BCUT2D eigenvalue weighted by Crippen LogP contribution is -2.28. The van der Waals surface area contributed by atoms with Gasteiger partial charge in [0.25, 0.3) is 0 Å². The van der Waals surface area contributed by atoms with Crippen molar-refractivity contribution in [1.82, 2.24) is 20.1 Å². The number of nitrogens with one attached hydrogen (secondary N) is 1. The topological polar surface area (TPSA) is 59.8 Å². The van der Waals surface area contributed by atoms with E-state index in [2.05, 4.69) is 39.8 Å². The van der Waals surface area contributed by atoms with Gasteiger partial charge in [0.1, 0.15) is 6.33 Å². The largest absolute Gasteiger partial charge is 0.349 e. The SMILES string of the molecule is C[C@@H](NC(=O)CSc1nncn1-c1cccc(Cl)c1)c1cccc2ccccc12. The number of amides is 1. The molecule has 7 heteroatoms. The number of fused-ring (bicyclic) bond motifs is 1. The first-order chi connectivity index (χ1) is 14.1. The molecule has 29 heavy (non-hydrogen) atoms. The summed E-state index contributed by atoms with van der Waals surface area (Å²) in [6.45, 7) is 2.00. The van der Waals surface area contributed by atoms with E-state index in [1.807, 2.05) is 54.0 Å². The third kappa shape index (κ3) is 4.44. The summed E-state index contributed by atoms with van der Waals surface area (Å²) < 4.78 is 1.82. The lowest BCUT2D eigenvalue weighted by atomic mass is 10.00. The molecule has 1 heterocycles. The van der Waals surface area contributed by atoms with Crippen molar-refractivity contribution in [3.8, 4) is 5.69 Å². The monoisotopic (exact) mass is 422 g/mol. The van der Waals surface area contributed by atoms with Crippen LogP contribution in [0.1, 0.15) is 18.5 Å². The molecule has 0 unspecified atom stereocenters. The maximum atomic E-state index is 12.5. The fourth-order valence-corrected chi connectivity index (χ4v) is 4.17. The zero-order valence-corrected chi connectivity index (χ0v) is 17.3. The number of halogens is 1. The normalized spacial score (nSPS) is 12.1. The molecule has 1 aromatic heterocycles. The summed E-state index contributed by atoms with van der Waals surface area (Å²) >= 11 is 7.41. The van der Waals surface area contributed by atoms with E-state index in [1.54, 1.807) is 6.33 Å². The van der Waals surface area contributed by atoms with E-state index < -0.39 is 0 Å². The smallest absolute Gasteiger partial charge is 0.230 e. The highest BCUT2D eigenvalue weighted by Crippen LogP contribution is 2.25. The van der Waals surface area contributed by atoms with Crippen LogP contribution < -0.4 is 5.32 Å². The Morgan fingerprint density at radius 2 is 1.93 bits per heavy atom. The second-order valence-electron chi connectivity index (χ2n) is 6.61. The summed E-state index contributed by atoms with van der Waals surface area (Å²) in [5, 5.41) is 14.8. The van der Waals surface area contributed by atoms with Crippen LogP contribution in [0, 0.1) is 0 Å². The third-order valence-corrected chi connectivity index (χ3v) is 5.78. The number of rotatable bonds is 6. The van der Waals surface area contributed by atoms with Crippen LogP contribution in [-0.2, 0) is 4.79 Å². The van der Waals surface area contributed by atoms with Gasteiger partial charge in [0, 0.05) is 5.02 Å². The second-order valence-corrected chi connectivity index (χ2v) is 7.99. The van der Waals surface area contributed by atoms with Gasteiger partial charge < -0.3 is 5.32 Å². The minimum atomic E-state index is -0.0972. The molecular weight excluding hydrogens is 404 g/mol. The van der Waals surface area contributed by atoms with Crippen molar-refractivity contribution in [1.29, 1.82) is 0 Å². The lowest BCUT2D eigenvalue weighted by molar-refractivity contribution is -0.119. The van der Waals surface area contributed by atoms with Crippen LogP contribution in [0.5, 0.6) is 0 Å². The number of hydrogen-bond donors (Lipinski definition) is 1. The van der Waals surface area contributed by atoms with E-state index in [1.165, 1.54) is 11.8 Å². The van der Waals surface area contributed by atoms with Gasteiger partial charge in [-0.1, -0.05) is 71.9 Å². The molecule has 1 amide bonds. The van der Waals surface area contributed by atoms with Gasteiger partial charge >= 0.3 is 0 Å². The molecule has 1 atom stereocenters. The maximum absolute atomic E-state index is 12.5. The molecule has 0 bridgehead atoms. The Kier molecular flexibility index (Phi) is 5.83. The standard InChI is InChI=1S/C22H19ClN4OS/c1-15(19-11-4-7-16-6-2-3-10-20(16)19)25-21(28)13-29-22-26-24-14-27(22)18-9-5-8-17(23)12-18/h2-12,14-15H,13H2,1H3,(H,25,28)/t15-/m1/s1. The molecule has 0 radical (unpaired) electrons. The van der Waals surface area contributed by atoms with Gasteiger partial charge in [0.2, 0.25) is 5.91 Å². The molecule has 0 fully saturated rings. The molecule has 0 spiro atoms. The summed E-state index contributed by atoms with van der Waals surface area (Å²) in [4.78, 5) is 12.5. The van der Waals surface area contributed by atoms with Gasteiger partial charge in [-0.3, -0.25) is 9.36 Å². The van der Waals surface area contributed by atoms with Crippen LogP contribution >= 0.6 is 23.4 Å². The first kappa shape index (κ1) is 19.5. The van der Waals surface area contributed by atoms with Gasteiger partial charge in [-0.05, 0) is 41.5 Å². The van der Waals surface area contributed by atoms with E-state index in [0.717, 1.165) is 22.0 Å². The predicted molar refractivity (Wildman–Crippen MR) is 118 cm³/mol.